The van der Waals surface area contributed by atoms with Crippen molar-refractivity contribution in [2.24, 2.45) is 0 Å². The first-order valence-electron chi connectivity index (χ1n) is 8.12. The van der Waals surface area contributed by atoms with Gasteiger partial charge in [0, 0.05) is 0 Å². The SMILES string of the molecule is C/C=C\[Si](CCC)(CCC)CCCN1CCCC1. The molecule has 0 aromatic rings. The van der Waals surface area contributed by atoms with E-state index in [2.05, 4.69) is 37.4 Å². The summed E-state index contributed by atoms with van der Waals surface area (Å²) in [5.41, 5.74) is 2.64. The third-order valence-electron chi connectivity index (χ3n) is 4.36. The molecule has 1 fully saturated rings. The predicted octanol–water partition coefficient (Wildman–Crippen LogP) is 4.86. The highest BCUT2D eigenvalue weighted by molar-refractivity contribution is 6.84. The maximum Gasteiger partial charge on any atom is 0.0774 e. The van der Waals surface area contributed by atoms with Crippen LogP contribution in [0.4, 0.5) is 0 Å². The van der Waals surface area contributed by atoms with Gasteiger partial charge in [-0.15, -0.1) is 0 Å². The highest BCUT2D eigenvalue weighted by Crippen LogP contribution is 2.28. The standard InChI is InChI=1S/C16H33NSi/c1-4-13-18(14-5-2,15-6-3)16-9-12-17-10-7-8-11-17/h4,13H,5-12,14-16H2,1-3H3/b13-4-. The van der Waals surface area contributed by atoms with Gasteiger partial charge >= 0.3 is 0 Å². The van der Waals surface area contributed by atoms with Gasteiger partial charge in [-0.2, -0.15) is 0 Å². The molecule has 1 aliphatic heterocycles. The van der Waals surface area contributed by atoms with Crippen LogP contribution in [0, 0.1) is 0 Å². The Morgan fingerprint density at radius 1 is 1.00 bits per heavy atom. The molecule has 1 nitrogen and oxygen atoms in total. The highest BCUT2D eigenvalue weighted by atomic mass is 28.3. The van der Waals surface area contributed by atoms with Crippen LogP contribution in [0.5, 0.6) is 0 Å². The Balaban J connectivity index is 2.42. The Labute approximate surface area is 116 Å². The zero-order chi connectivity index (χ0) is 13.3. The Hall–Kier alpha value is -0.0831. The molecule has 0 aromatic heterocycles. The van der Waals surface area contributed by atoms with Gasteiger partial charge in [-0.05, 0) is 45.8 Å². The molecule has 1 aliphatic rings. The van der Waals surface area contributed by atoms with Crippen molar-refractivity contribution < 1.29 is 0 Å². The summed E-state index contributed by atoms with van der Waals surface area (Å²) in [5.74, 6) is 0. The lowest BCUT2D eigenvalue weighted by molar-refractivity contribution is 0.339. The third kappa shape index (κ3) is 5.27. The number of hydrogen-bond donors (Lipinski definition) is 0. The lowest BCUT2D eigenvalue weighted by Crippen LogP contribution is -2.33. The van der Waals surface area contributed by atoms with Gasteiger partial charge in [0.15, 0.2) is 0 Å². The van der Waals surface area contributed by atoms with Crippen LogP contribution in [0.1, 0.15) is 52.9 Å². The molecular formula is C16H33NSi. The summed E-state index contributed by atoms with van der Waals surface area (Å²) in [6.07, 6.45) is 9.40. The van der Waals surface area contributed by atoms with Gasteiger partial charge < -0.3 is 4.90 Å². The van der Waals surface area contributed by atoms with E-state index in [4.69, 9.17) is 0 Å². The molecule has 0 atom stereocenters. The molecule has 0 unspecified atom stereocenters. The fraction of sp³-hybridized carbons (Fsp3) is 0.875. The van der Waals surface area contributed by atoms with Gasteiger partial charge in [0.05, 0.1) is 8.07 Å². The van der Waals surface area contributed by atoms with E-state index in [0.29, 0.717) is 0 Å². The van der Waals surface area contributed by atoms with Gasteiger partial charge in [-0.1, -0.05) is 56.6 Å². The Bertz CT molecular complexity index is 225. The Morgan fingerprint density at radius 2 is 1.61 bits per heavy atom. The number of rotatable bonds is 9. The molecule has 0 radical (unpaired) electrons. The average molecular weight is 268 g/mol. The van der Waals surface area contributed by atoms with E-state index < -0.39 is 8.07 Å². The van der Waals surface area contributed by atoms with Crippen molar-refractivity contribution in [3.8, 4) is 0 Å². The van der Waals surface area contributed by atoms with Crippen LogP contribution >= 0.6 is 0 Å². The van der Waals surface area contributed by atoms with Gasteiger partial charge in [-0.3, -0.25) is 0 Å². The van der Waals surface area contributed by atoms with Crippen LogP contribution < -0.4 is 0 Å². The fourth-order valence-corrected chi connectivity index (χ4v) is 8.45. The van der Waals surface area contributed by atoms with Crippen molar-refractivity contribution in [1.29, 1.82) is 0 Å². The van der Waals surface area contributed by atoms with E-state index in [1.807, 2.05) is 0 Å². The zero-order valence-corrected chi connectivity index (χ0v) is 13.9. The Morgan fingerprint density at radius 3 is 2.11 bits per heavy atom. The van der Waals surface area contributed by atoms with Crippen LogP contribution in [0.3, 0.4) is 0 Å². The third-order valence-corrected chi connectivity index (χ3v) is 9.75. The lowest BCUT2D eigenvalue weighted by atomic mass is 10.4. The summed E-state index contributed by atoms with van der Waals surface area (Å²) < 4.78 is 0. The number of allylic oxidation sites excluding steroid dienone is 1. The van der Waals surface area contributed by atoms with Crippen molar-refractivity contribution in [2.75, 3.05) is 19.6 Å². The highest BCUT2D eigenvalue weighted by Gasteiger charge is 2.27. The van der Waals surface area contributed by atoms with Gasteiger partial charge in [0.25, 0.3) is 0 Å². The summed E-state index contributed by atoms with van der Waals surface area (Å²) in [4.78, 5) is 2.67. The molecule has 18 heavy (non-hydrogen) atoms. The summed E-state index contributed by atoms with van der Waals surface area (Å²) in [5, 5.41) is 0. The van der Waals surface area contributed by atoms with Crippen LogP contribution in [-0.4, -0.2) is 32.6 Å². The quantitative estimate of drug-likeness (QED) is 0.539. The molecule has 1 saturated heterocycles. The minimum atomic E-state index is -1.07. The zero-order valence-electron chi connectivity index (χ0n) is 12.9. The summed E-state index contributed by atoms with van der Waals surface area (Å²) in [6.45, 7) is 11.0. The molecule has 0 N–H and O–H groups in total. The van der Waals surface area contributed by atoms with Crippen molar-refractivity contribution in [2.45, 2.75) is 71.0 Å². The number of hydrogen-bond acceptors (Lipinski definition) is 1. The molecule has 0 spiro atoms. The normalized spacial score (nSPS) is 17.9. The van der Waals surface area contributed by atoms with Crippen molar-refractivity contribution >= 4 is 8.07 Å². The van der Waals surface area contributed by atoms with E-state index in [1.165, 1.54) is 69.9 Å². The van der Waals surface area contributed by atoms with Crippen LogP contribution in [0.2, 0.25) is 18.1 Å². The molecule has 1 rings (SSSR count). The van der Waals surface area contributed by atoms with Crippen molar-refractivity contribution in [3.63, 3.8) is 0 Å². The molecule has 2 heteroatoms. The first-order chi connectivity index (χ1) is 8.76. The molecule has 0 amide bonds. The summed E-state index contributed by atoms with van der Waals surface area (Å²) >= 11 is 0. The number of nitrogens with zero attached hydrogens (tertiary/aromatic N) is 1. The Kier molecular flexibility index (Phi) is 7.92. The first kappa shape index (κ1) is 16.0. The molecule has 0 aliphatic carbocycles. The van der Waals surface area contributed by atoms with Gasteiger partial charge in [0.1, 0.15) is 0 Å². The second-order valence-electron chi connectivity index (χ2n) is 6.01. The predicted molar refractivity (Wildman–Crippen MR) is 85.9 cm³/mol. The molecule has 0 saturated carbocycles. The topological polar surface area (TPSA) is 3.24 Å². The molecule has 0 aromatic carbocycles. The van der Waals surface area contributed by atoms with Crippen molar-refractivity contribution in [3.05, 3.63) is 11.8 Å². The van der Waals surface area contributed by atoms with E-state index in [9.17, 15) is 0 Å². The number of likely N-dealkylation sites (tertiary alicyclic amines) is 1. The van der Waals surface area contributed by atoms with E-state index in [-0.39, 0.29) is 0 Å². The lowest BCUT2D eigenvalue weighted by Gasteiger charge is -2.29. The van der Waals surface area contributed by atoms with E-state index in [0.717, 1.165) is 0 Å². The maximum atomic E-state index is 2.67. The first-order valence-corrected chi connectivity index (χ1v) is 10.8. The van der Waals surface area contributed by atoms with Crippen LogP contribution in [0.15, 0.2) is 11.8 Å². The monoisotopic (exact) mass is 267 g/mol. The minimum absolute atomic E-state index is 1.07. The maximum absolute atomic E-state index is 2.67. The van der Waals surface area contributed by atoms with E-state index >= 15 is 0 Å². The van der Waals surface area contributed by atoms with Crippen LogP contribution in [0.25, 0.3) is 0 Å². The van der Waals surface area contributed by atoms with E-state index in [1.54, 1.807) is 0 Å². The largest absolute Gasteiger partial charge is 0.303 e. The van der Waals surface area contributed by atoms with Gasteiger partial charge in [0.2, 0.25) is 0 Å². The summed E-state index contributed by atoms with van der Waals surface area (Å²) in [6, 6.07) is 4.53. The second kappa shape index (κ2) is 8.92. The van der Waals surface area contributed by atoms with Gasteiger partial charge in [-0.25, -0.2) is 0 Å². The minimum Gasteiger partial charge on any atom is -0.303 e. The smallest absolute Gasteiger partial charge is 0.0774 e. The molecule has 106 valence electrons. The second-order valence-corrected chi connectivity index (χ2v) is 10.6. The molecule has 0 bridgehead atoms. The fourth-order valence-electron chi connectivity index (χ4n) is 3.64. The average Bonchev–Trinajstić information content (AvgIpc) is 2.83. The molecular weight excluding hydrogens is 234 g/mol. The summed E-state index contributed by atoms with van der Waals surface area (Å²) in [7, 11) is -1.07. The van der Waals surface area contributed by atoms with Crippen molar-refractivity contribution in [1.82, 2.24) is 4.90 Å². The molecule has 1 heterocycles. The van der Waals surface area contributed by atoms with Crippen LogP contribution in [-0.2, 0) is 0 Å².